The predicted molar refractivity (Wildman–Crippen MR) is 105 cm³/mol. The number of hydrogen-bond donors (Lipinski definition) is 2. The topological polar surface area (TPSA) is 58.4 Å². The van der Waals surface area contributed by atoms with E-state index in [1.165, 1.54) is 64.5 Å². The summed E-state index contributed by atoms with van der Waals surface area (Å²) >= 11 is 0. The lowest BCUT2D eigenvalue weighted by Gasteiger charge is -2.48. The molecule has 1 atom stereocenters. The summed E-state index contributed by atoms with van der Waals surface area (Å²) < 4.78 is 0. The normalized spacial score (nSPS) is 21.8. The van der Waals surface area contributed by atoms with Crippen molar-refractivity contribution in [3.05, 3.63) is 35.9 Å². The molecule has 1 unspecified atom stereocenters. The molecule has 1 aromatic rings. The number of nitrogens with zero attached hydrogens (tertiary/aromatic N) is 1. The Hall–Kier alpha value is -1.10. The van der Waals surface area contributed by atoms with Crippen molar-refractivity contribution in [2.45, 2.75) is 62.9 Å². The van der Waals surface area contributed by atoms with Gasteiger partial charge in [0.05, 0.1) is 0 Å². The second kappa shape index (κ2) is 9.56. The van der Waals surface area contributed by atoms with Crippen LogP contribution in [0.4, 0.5) is 0 Å². The van der Waals surface area contributed by atoms with Crippen molar-refractivity contribution in [2.24, 2.45) is 5.73 Å². The smallest absolute Gasteiger partial charge is 0.241 e. The Morgan fingerprint density at radius 3 is 2.28 bits per heavy atom. The minimum Gasteiger partial charge on any atom is -0.353 e. The van der Waals surface area contributed by atoms with Crippen LogP contribution in [0.15, 0.2) is 30.3 Å². The van der Waals surface area contributed by atoms with Crippen molar-refractivity contribution in [3.63, 3.8) is 0 Å². The van der Waals surface area contributed by atoms with Crippen molar-refractivity contribution in [1.29, 1.82) is 0 Å². The molecule has 1 saturated heterocycles. The van der Waals surface area contributed by atoms with E-state index in [0.717, 1.165) is 12.1 Å². The highest BCUT2D eigenvalue weighted by molar-refractivity contribution is 5.85. The van der Waals surface area contributed by atoms with Crippen molar-refractivity contribution in [1.82, 2.24) is 10.2 Å². The van der Waals surface area contributed by atoms with Gasteiger partial charge in [0.2, 0.25) is 5.91 Å². The van der Waals surface area contributed by atoms with Crippen LogP contribution in [0.2, 0.25) is 0 Å². The molecule has 0 spiro atoms. The molecule has 2 aliphatic rings. The third-order valence-corrected chi connectivity index (χ3v) is 5.84. The van der Waals surface area contributed by atoms with Gasteiger partial charge in [0, 0.05) is 12.1 Å². The predicted octanol–water partition coefficient (Wildman–Crippen LogP) is 3.41. The zero-order valence-electron chi connectivity index (χ0n) is 15.1. The van der Waals surface area contributed by atoms with Gasteiger partial charge >= 0.3 is 0 Å². The van der Waals surface area contributed by atoms with Crippen molar-refractivity contribution < 1.29 is 4.79 Å². The summed E-state index contributed by atoms with van der Waals surface area (Å²) in [7, 11) is 0. The van der Waals surface area contributed by atoms with Crippen LogP contribution in [0.1, 0.15) is 63.0 Å². The standard InChI is InChI=1S/C20H31N3O.ClH/c21-18(17-10-4-1-5-11-17)19(24)22-16-20(12-6-2-7-13-20)23-14-8-3-9-15-23;/h1,4-5,10-11,18H,2-3,6-9,12-16,21H2,(H,22,24);1H. The summed E-state index contributed by atoms with van der Waals surface area (Å²) in [6.45, 7) is 3.10. The summed E-state index contributed by atoms with van der Waals surface area (Å²) in [6.07, 6.45) is 10.2. The third-order valence-electron chi connectivity index (χ3n) is 5.84. The van der Waals surface area contributed by atoms with Gasteiger partial charge in [0.25, 0.3) is 0 Å². The quantitative estimate of drug-likeness (QED) is 0.840. The fraction of sp³-hybridized carbons (Fsp3) is 0.650. The van der Waals surface area contributed by atoms with Gasteiger partial charge in [-0.15, -0.1) is 12.4 Å². The highest BCUT2D eigenvalue weighted by Gasteiger charge is 2.38. The van der Waals surface area contributed by atoms with Crippen molar-refractivity contribution in [2.75, 3.05) is 19.6 Å². The molecule has 2 fully saturated rings. The average Bonchev–Trinajstić information content (AvgIpc) is 2.67. The Morgan fingerprint density at radius 1 is 1.04 bits per heavy atom. The second-order valence-corrected chi connectivity index (χ2v) is 7.44. The number of amides is 1. The SMILES string of the molecule is Cl.NC(C(=O)NCC1(N2CCCCC2)CCCCC1)c1ccccc1. The first-order chi connectivity index (χ1) is 11.7. The molecule has 1 aliphatic heterocycles. The van der Waals surface area contributed by atoms with Gasteiger partial charge < -0.3 is 11.1 Å². The second-order valence-electron chi connectivity index (χ2n) is 7.44. The van der Waals surface area contributed by atoms with E-state index < -0.39 is 6.04 Å². The molecule has 0 radical (unpaired) electrons. The summed E-state index contributed by atoms with van der Waals surface area (Å²) in [5.41, 5.74) is 7.19. The lowest BCUT2D eigenvalue weighted by molar-refractivity contribution is -0.123. The van der Waals surface area contributed by atoms with Crippen LogP contribution < -0.4 is 11.1 Å². The highest BCUT2D eigenvalue weighted by atomic mass is 35.5. The van der Waals surface area contributed by atoms with Gasteiger partial charge in [-0.1, -0.05) is 56.0 Å². The monoisotopic (exact) mass is 365 g/mol. The van der Waals surface area contributed by atoms with Crippen LogP contribution >= 0.6 is 12.4 Å². The van der Waals surface area contributed by atoms with E-state index in [4.69, 9.17) is 5.73 Å². The maximum atomic E-state index is 12.6. The van der Waals surface area contributed by atoms with Crippen molar-refractivity contribution in [3.8, 4) is 0 Å². The zero-order chi connectivity index (χ0) is 16.8. The largest absolute Gasteiger partial charge is 0.353 e. The van der Waals surface area contributed by atoms with Crippen LogP contribution in [0, 0.1) is 0 Å². The summed E-state index contributed by atoms with van der Waals surface area (Å²) in [5, 5.41) is 3.18. The minimum atomic E-state index is -0.576. The summed E-state index contributed by atoms with van der Waals surface area (Å²) in [4.78, 5) is 15.2. The van der Waals surface area contributed by atoms with Gasteiger partial charge in [-0.3, -0.25) is 9.69 Å². The van der Waals surface area contributed by atoms with Gasteiger partial charge in [0.1, 0.15) is 6.04 Å². The number of piperidine rings is 1. The number of halogens is 1. The molecule has 1 saturated carbocycles. The molecule has 1 aromatic carbocycles. The first-order valence-electron chi connectivity index (χ1n) is 9.55. The number of nitrogens with one attached hydrogen (secondary N) is 1. The first kappa shape index (κ1) is 20.2. The average molecular weight is 366 g/mol. The molecule has 140 valence electrons. The van der Waals surface area contributed by atoms with Crippen LogP contribution in [0.25, 0.3) is 0 Å². The molecule has 1 amide bonds. The number of likely N-dealkylation sites (tertiary alicyclic amines) is 1. The van der Waals surface area contributed by atoms with E-state index in [1.54, 1.807) is 0 Å². The van der Waals surface area contributed by atoms with Gasteiger partial charge in [-0.2, -0.15) is 0 Å². The van der Waals surface area contributed by atoms with Crippen molar-refractivity contribution >= 4 is 18.3 Å². The van der Waals surface area contributed by atoms with Gasteiger partial charge in [-0.25, -0.2) is 0 Å². The summed E-state index contributed by atoms with van der Waals surface area (Å²) in [6, 6.07) is 9.07. The molecule has 0 bridgehead atoms. The number of hydrogen-bond acceptors (Lipinski definition) is 3. The molecule has 3 N–H and O–H groups in total. The number of carbonyl (C=O) groups excluding carboxylic acids is 1. The van der Waals surface area contributed by atoms with Crippen LogP contribution in [0.5, 0.6) is 0 Å². The molecule has 25 heavy (non-hydrogen) atoms. The van der Waals surface area contributed by atoms with Crippen LogP contribution in [-0.4, -0.2) is 36.0 Å². The van der Waals surface area contributed by atoms with Gasteiger partial charge in [-0.05, 0) is 44.3 Å². The fourth-order valence-corrected chi connectivity index (χ4v) is 4.36. The van der Waals surface area contributed by atoms with Crippen LogP contribution in [-0.2, 0) is 4.79 Å². The molecule has 3 rings (SSSR count). The van der Waals surface area contributed by atoms with Crippen LogP contribution in [0.3, 0.4) is 0 Å². The lowest BCUT2D eigenvalue weighted by atomic mass is 9.79. The molecule has 0 aromatic heterocycles. The molecular formula is C20H32ClN3O. The Morgan fingerprint density at radius 2 is 1.64 bits per heavy atom. The Labute approximate surface area is 157 Å². The number of nitrogens with two attached hydrogens (primary N) is 1. The minimum absolute atomic E-state index is 0. The maximum Gasteiger partial charge on any atom is 0.241 e. The van der Waals surface area contributed by atoms with E-state index in [-0.39, 0.29) is 23.9 Å². The molecule has 5 heteroatoms. The molecular weight excluding hydrogens is 334 g/mol. The maximum absolute atomic E-state index is 12.6. The number of rotatable bonds is 5. The van der Waals surface area contributed by atoms with E-state index in [9.17, 15) is 4.79 Å². The zero-order valence-corrected chi connectivity index (χ0v) is 15.9. The number of benzene rings is 1. The highest BCUT2D eigenvalue weighted by Crippen LogP contribution is 2.35. The first-order valence-corrected chi connectivity index (χ1v) is 9.55. The van der Waals surface area contributed by atoms with Gasteiger partial charge in [0.15, 0.2) is 0 Å². The fourth-order valence-electron chi connectivity index (χ4n) is 4.36. The summed E-state index contributed by atoms with van der Waals surface area (Å²) in [5.74, 6) is -0.0526. The third kappa shape index (κ3) is 4.96. The molecule has 1 heterocycles. The van der Waals surface area contributed by atoms with E-state index in [0.29, 0.717) is 0 Å². The van der Waals surface area contributed by atoms with E-state index >= 15 is 0 Å². The van der Waals surface area contributed by atoms with E-state index in [2.05, 4.69) is 10.2 Å². The number of carbonyl (C=O) groups is 1. The Bertz CT molecular complexity index is 525. The lowest BCUT2D eigenvalue weighted by Crippen LogP contribution is -2.58. The Kier molecular flexibility index (Phi) is 7.73. The molecule has 4 nitrogen and oxygen atoms in total. The van der Waals surface area contributed by atoms with E-state index in [1.807, 2.05) is 30.3 Å². The molecule has 1 aliphatic carbocycles. The Balaban J connectivity index is 0.00000225.